The predicted octanol–water partition coefficient (Wildman–Crippen LogP) is 5.66. The SMILES string of the molecule is Cn1ccc([C@H]2[C@H](c3ccccn3)NC(=S)N2c2ccc(Sc3ccc([N+](=O)[O-])cc3)cc2)c1. The van der Waals surface area contributed by atoms with Crippen LogP contribution in [-0.4, -0.2) is 19.6 Å². The summed E-state index contributed by atoms with van der Waals surface area (Å²) in [7, 11) is 2.01. The van der Waals surface area contributed by atoms with Gasteiger partial charge in [0, 0.05) is 53.2 Å². The van der Waals surface area contributed by atoms with Crippen LogP contribution in [-0.2, 0) is 7.05 Å². The van der Waals surface area contributed by atoms with Crippen LogP contribution >= 0.6 is 24.0 Å². The third-order valence-corrected chi connectivity index (χ3v) is 7.02. The van der Waals surface area contributed by atoms with Crippen molar-refractivity contribution in [2.24, 2.45) is 7.05 Å². The van der Waals surface area contributed by atoms with E-state index in [9.17, 15) is 10.1 Å². The fourth-order valence-corrected chi connectivity index (χ4v) is 5.28. The molecule has 7 nitrogen and oxygen atoms in total. The highest BCUT2D eigenvalue weighted by molar-refractivity contribution is 7.99. The Labute approximate surface area is 206 Å². The summed E-state index contributed by atoms with van der Waals surface area (Å²) in [5.41, 5.74) is 3.16. The molecule has 9 heteroatoms. The highest BCUT2D eigenvalue weighted by Crippen LogP contribution is 2.42. The number of nitrogens with zero attached hydrogens (tertiary/aromatic N) is 4. The van der Waals surface area contributed by atoms with E-state index in [1.165, 1.54) is 12.1 Å². The van der Waals surface area contributed by atoms with Crippen LogP contribution in [0.1, 0.15) is 23.3 Å². The third kappa shape index (κ3) is 4.40. The van der Waals surface area contributed by atoms with E-state index in [0.29, 0.717) is 5.11 Å². The van der Waals surface area contributed by atoms with Gasteiger partial charge in [-0.05, 0) is 72.4 Å². The summed E-state index contributed by atoms with van der Waals surface area (Å²) in [6.07, 6.45) is 5.95. The summed E-state index contributed by atoms with van der Waals surface area (Å²) in [6, 6.07) is 22.7. The Bertz CT molecular complexity index is 1320. The minimum Gasteiger partial charge on any atom is -0.357 e. The molecule has 0 amide bonds. The van der Waals surface area contributed by atoms with Crippen LogP contribution in [0.3, 0.4) is 0 Å². The number of benzene rings is 2. The first-order valence-electron chi connectivity index (χ1n) is 10.6. The molecule has 0 unspecified atom stereocenters. The molecular weight excluding hydrogens is 466 g/mol. The summed E-state index contributed by atoms with van der Waals surface area (Å²) in [4.78, 5) is 19.2. The molecule has 2 atom stereocenters. The highest BCUT2D eigenvalue weighted by Gasteiger charge is 2.40. The van der Waals surface area contributed by atoms with Crippen LogP contribution in [0, 0.1) is 10.1 Å². The van der Waals surface area contributed by atoms with E-state index in [-0.39, 0.29) is 17.8 Å². The number of pyridine rings is 1. The number of hydrogen-bond acceptors (Lipinski definition) is 5. The number of hydrogen-bond donors (Lipinski definition) is 1. The maximum atomic E-state index is 10.9. The summed E-state index contributed by atoms with van der Waals surface area (Å²) in [5, 5.41) is 15.0. The van der Waals surface area contributed by atoms with Crippen LogP contribution < -0.4 is 10.2 Å². The number of nitrogens with one attached hydrogen (secondary N) is 1. The van der Waals surface area contributed by atoms with Crippen LogP contribution in [0.15, 0.2) is 101 Å². The zero-order valence-electron chi connectivity index (χ0n) is 18.2. The molecule has 34 heavy (non-hydrogen) atoms. The van der Waals surface area contributed by atoms with Gasteiger partial charge in [0.1, 0.15) is 0 Å². The smallest absolute Gasteiger partial charge is 0.269 e. The van der Waals surface area contributed by atoms with Crippen LogP contribution in [0.25, 0.3) is 0 Å². The maximum Gasteiger partial charge on any atom is 0.269 e. The van der Waals surface area contributed by atoms with Gasteiger partial charge in [0.15, 0.2) is 5.11 Å². The molecular formula is C25H21N5O2S2. The van der Waals surface area contributed by atoms with Gasteiger partial charge in [-0.3, -0.25) is 15.1 Å². The van der Waals surface area contributed by atoms with Gasteiger partial charge in [0.25, 0.3) is 5.69 Å². The van der Waals surface area contributed by atoms with Gasteiger partial charge in [0.05, 0.1) is 22.7 Å². The minimum absolute atomic E-state index is 0.0447. The van der Waals surface area contributed by atoms with E-state index in [1.54, 1.807) is 30.1 Å². The summed E-state index contributed by atoms with van der Waals surface area (Å²) in [6.45, 7) is 0. The fraction of sp³-hybridized carbons (Fsp3) is 0.120. The number of nitro groups is 1. The number of rotatable bonds is 6. The molecule has 0 radical (unpaired) electrons. The standard InChI is InChI=1S/C25H21N5O2S2/c1-28-15-13-17(16-28)24-23(22-4-2-3-14-26-22)27-25(33)29(24)18-5-9-20(10-6-18)34-21-11-7-19(8-12-21)30(31)32/h2-16,23-24H,1H3,(H,27,33)/t23-,24-/m0/s1. The zero-order valence-corrected chi connectivity index (χ0v) is 19.9. The monoisotopic (exact) mass is 487 g/mol. The second-order valence-electron chi connectivity index (χ2n) is 7.95. The van der Waals surface area contributed by atoms with Gasteiger partial charge >= 0.3 is 0 Å². The number of thiocarbonyl (C=S) groups is 1. The van der Waals surface area contributed by atoms with Crippen LogP contribution in [0.2, 0.25) is 0 Å². The minimum atomic E-state index is -0.391. The first-order chi connectivity index (χ1) is 16.5. The summed E-state index contributed by atoms with van der Waals surface area (Å²) in [5.74, 6) is 0. The van der Waals surface area contributed by atoms with Crippen molar-refractivity contribution in [2.45, 2.75) is 21.9 Å². The lowest BCUT2D eigenvalue weighted by atomic mass is 9.98. The highest BCUT2D eigenvalue weighted by atomic mass is 32.2. The number of anilines is 1. The molecule has 1 aliphatic heterocycles. The van der Waals surface area contributed by atoms with Crippen molar-refractivity contribution in [3.63, 3.8) is 0 Å². The van der Waals surface area contributed by atoms with Crippen molar-refractivity contribution in [1.29, 1.82) is 0 Å². The first kappa shape index (κ1) is 22.1. The Kier molecular flexibility index (Phi) is 6.04. The number of non-ortho nitro benzene ring substituents is 1. The number of aromatic nitrogens is 2. The molecule has 170 valence electrons. The Morgan fingerprint density at radius 3 is 2.32 bits per heavy atom. The van der Waals surface area contributed by atoms with Crippen molar-refractivity contribution in [1.82, 2.24) is 14.9 Å². The quantitative estimate of drug-likeness (QED) is 0.214. The summed E-state index contributed by atoms with van der Waals surface area (Å²) >= 11 is 7.33. The van der Waals surface area contributed by atoms with Crippen molar-refractivity contribution in [3.8, 4) is 0 Å². The molecule has 1 fully saturated rings. The van der Waals surface area contributed by atoms with Gasteiger partial charge in [-0.15, -0.1) is 0 Å². The van der Waals surface area contributed by atoms with Crippen LogP contribution in [0.5, 0.6) is 0 Å². The second-order valence-corrected chi connectivity index (χ2v) is 9.49. The molecule has 3 heterocycles. The molecule has 0 saturated carbocycles. The van der Waals surface area contributed by atoms with Crippen molar-refractivity contribution >= 4 is 40.5 Å². The topological polar surface area (TPSA) is 76.2 Å². The van der Waals surface area contributed by atoms with Gasteiger partial charge in [-0.25, -0.2) is 0 Å². The van der Waals surface area contributed by atoms with E-state index >= 15 is 0 Å². The Hall–Kier alpha value is -3.69. The molecule has 5 rings (SSSR count). The molecule has 1 aliphatic rings. The second kappa shape index (κ2) is 9.28. The number of aryl methyl sites for hydroxylation is 1. The van der Waals surface area contributed by atoms with E-state index in [4.69, 9.17) is 12.2 Å². The first-order valence-corrected chi connectivity index (χ1v) is 11.9. The maximum absolute atomic E-state index is 10.9. The third-order valence-electron chi connectivity index (χ3n) is 5.69. The average Bonchev–Trinajstić information content (AvgIpc) is 3.43. The predicted molar refractivity (Wildman–Crippen MR) is 137 cm³/mol. The van der Waals surface area contributed by atoms with Crippen molar-refractivity contribution in [3.05, 3.63) is 113 Å². The van der Waals surface area contributed by atoms with E-state index in [1.807, 2.05) is 48.1 Å². The Morgan fingerprint density at radius 1 is 1.03 bits per heavy atom. The fourth-order valence-electron chi connectivity index (χ4n) is 4.12. The normalized spacial score (nSPS) is 17.6. The Balaban J connectivity index is 1.43. The molecule has 0 spiro atoms. The van der Waals surface area contributed by atoms with Gasteiger partial charge in [-0.1, -0.05) is 17.8 Å². The van der Waals surface area contributed by atoms with E-state index < -0.39 is 4.92 Å². The lowest BCUT2D eigenvalue weighted by molar-refractivity contribution is -0.384. The van der Waals surface area contributed by atoms with Crippen molar-refractivity contribution < 1.29 is 4.92 Å². The average molecular weight is 488 g/mol. The Morgan fingerprint density at radius 2 is 1.74 bits per heavy atom. The molecule has 0 bridgehead atoms. The molecule has 4 aromatic rings. The zero-order chi connectivity index (χ0) is 23.7. The van der Waals surface area contributed by atoms with Gasteiger partial charge in [0.2, 0.25) is 0 Å². The van der Waals surface area contributed by atoms with Gasteiger partial charge < -0.3 is 14.8 Å². The lowest BCUT2D eigenvalue weighted by Crippen LogP contribution is -2.29. The van der Waals surface area contributed by atoms with E-state index in [2.05, 4.69) is 39.6 Å². The molecule has 2 aromatic heterocycles. The summed E-state index contributed by atoms with van der Waals surface area (Å²) < 4.78 is 2.04. The molecule has 1 N–H and O–H groups in total. The van der Waals surface area contributed by atoms with Crippen molar-refractivity contribution in [2.75, 3.05) is 4.90 Å². The molecule has 1 saturated heterocycles. The van der Waals surface area contributed by atoms with Gasteiger partial charge in [-0.2, -0.15) is 0 Å². The lowest BCUT2D eigenvalue weighted by Gasteiger charge is -2.27. The van der Waals surface area contributed by atoms with Crippen LogP contribution in [0.4, 0.5) is 11.4 Å². The largest absolute Gasteiger partial charge is 0.357 e. The number of nitro benzene ring substituents is 1. The van der Waals surface area contributed by atoms with E-state index in [0.717, 1.165) is 26.7 Å². The molecule has 2 aromatic carbocycles. The molecule has 0 aliphatic carbocycles.